The van der Waals surface area contributed by atoms with Crippen LogP contribution in [0, 0.1) is 0 Å². The normalized spacial score (nSPS) is 56.5. The van der Waals surface area contributed by atoms with Gasteiger partial charge in [0.15, 0.2) is 37.7 Å². The van der Waals surface area contributed by atoms with Crippen molar-refractivity contribution in [3.05, 3.63) is 0 Å². The molecule has 0 aromatic carbocycles. The summed E-state index contributed by atoms with van der Waals surface area (Å²) < 4.78 is 80.3. The van der Waals surface area contributed by atoms with E-state index in [1.165, 1.54) is 41.7 Å². The molecule has 34 atom stereocenters. The van der Waals surface area contributed by atoms with Gasteiger partial charge in [-0.1, -0.05) is 0 Å². The highest BCUT2D eigenvalue weighted by Gasteiger charge is 2.56. The van der Waals surface area contributed by atoms with Crippen molar-refractivity contribution >= 4 is 0 Å². The van der Waals surface area contributed by atoms with Crippen LogP contribution in [0.2, 0.25) is 0 Å². The molecule has 7 aliphatic heterocycles. The summed E-state index contributed by atoms with van der Waals surface area (Å²) in [4.78, 5) is 0. The highest BCUT2D eigenvalue weighted by Crippen LogP contribution is 2.37. The van der Waals surface area contributed by atoms with Crippen molar-refractivity contribution in [2.75, 3.05) is 13.7 Å². The van der Waals surface area contributed by atoms with Gasteiger partial charge < -0.3 is 138 Å². The van der Waals surface area contributed by atoms with Gasteiger partial charge in [-0.05, 0) is 48.5 Å². The number of aliphatic hydroxyl groups excluding tert-OH is 14. The molecule has 414 valence electrons. The van der Waals surface area contributed by atoms with E-state index in [1.54, 1.807) is 13.8 Å². The van der Waals surface area contributed by atoms with E-state index in [-0.39, 0.29) is 6.61 Å². The minimum Gasteiger partial charge on any atom is -0.388 e. The van der Waals surface area contributed by atoms with Crippen LogP contribution in [0.3, 0.4) is 0 Å². The maximum Gasteiger partial charge on any atom is 0.187 e. The Labute approximate surface area is 408 Å². The van der Waals surface area contributed by atoms with E-state index in [2.05, 4.69) is 0 Å². The van der Waals surface area contributed by atoms with Crippen molar-refractivity contribution in [1.29, 1.82) is 0 Å². The first-order valence-corrected chi connectivity index (χ1v) is 23.9. The summed E-state index contributed by atoms with van der Waals surface area (Å²) >= 11 is 0. The van der Waals surface area contributed by atoms with Gasteiger partial charge in [0.05, 0.1) is 49.3 Å². The van der Waals surface area contributed by atoms with Crippen molar-refractivity contribution in [2.45, 2.75) is 257 Å². The van der Waals surface area contributed by atoms with Gasteiger partial charge in [-0.25, -0.2) is 0 Å². The summed E-state index contributed by atoms with van der Waals surface area (Å²) in [5.41, 5.74) is 0. The lowest BCUT2D eigenvalue weighted by molar-refractivity contribution is -0.390. The zero-order valence-electron chi connectivity index (χ0n) is 40.3. The van der Waals surface area contributed by atoms with Gasteiger partial charge in [-0.15, -0.1) is 0 Å². The fourth-order valence-corrected chi connectivity index (χ4v) is 10.0. The van der Waals surface area contributed by atoms with E-state index in [1.807, 2.05) is 0 Å². The second-order valence-electron chi connectivity index (χ2n) is 19.5. The van der Waals surface area contributed by atoms with Crippen LogP contribution in [-0.4, -0.2) is 294 Å². The van der Waals surface area contributed by atoms with E-state index >= 15 is 0 Å². The standard InChI is InChI=1S/C43H74O28/c1-10-32(18(45)17(44)9-59-10)66-39-26(53)20(47)34(12(3)61-39)68-41-28(55)22(49)36(14(5)63-41)70-43-30(57)24(51)37(16(7)65-43)71-42-29(56)23(50)35(15(6)64-42)69-40-27(54)21(48)33(13(4)62-40)67-38-25(52)19(46)31(58-8)11(2)60-38/h10-57H,9H2,1-8H3/t10?,11?,12?,13?,14?,15?,16?,17?,18-,19-,20-,21-,22-,23-,24-,25?,26?,27?,28?,29?,30?,31-,32-,33-,34-,35-,36-,37-,38-,39+,40-,41-,42-,43+/m1/s1. The molecular formula is C43H74O28. The highest BCUT2D eigenvalue weighted by molar-refractivity contribution is 4.99. The van der Waals surface area contributed by atoms with Crippen LogP contribution in [0.1, 0.15) is 48.5 Å². The summed E-state index contributed by atoms with van der Waals surface area (Å²) in [6.07, 6.45) is -48.9. The number of methoxy groups -OCH3 is 1. The lowest BCUT2D eigenvalue weighted by Crippen LogP contribution is -2.67. The monoisotopic (exact) mass is 1040 g/mol. The predicted molar refractivity (Wildman–Crippen MR) is 226 cm³/mol. The molecule has 0 aromatic heterocycles. The summed E-state index contributed by atoms with van der Waals surface area (Å²) in [6.45, 7) is 10.3. The second-order valence-corrected chi connectivity index (χ2v) is 19.5. The van der Waals surface area contributed by atoms with Crippen molar-refractivity contribution in [1.82, 2.24) is 0 Å². The zero-order chi connectivity index (χ0) is 52.2. The largest absolute Gasteiger partial charge is 0.388 e. The molecule has 28 heteroatoms. The average molecular weight is 1040 g/mol. The molecule has 0 aromatic rings. The third-order valence-electron chi connectivity index (χ3n) is 14.4. The number of ether oxygens (including phenoxy) is 14. The summed E-state index contributed by atoms with van der Waals surface area (Å²) in [6, 6.07) is 0. The molecule has 7 aliphatic rings. The molecule has 28 nitrogen and oxygen atoms in total. The molecule has 0 bridgehead atoms. The fraction of sp³-hybridized carbons (Fsp3) is 1.00. The minimum atomic E-state index is -1.89. The van der Waals surface area contributed by atoms with Gasteiger partial charge in [0.25, 0.3) is 0 Å². The Bertz CT molecular complexity index is 1680. The van der Waals surface area contributed by atoms with Crippen molar-refractivity contribution in [3.63, 3.8) is 0 Å². The SMILES string of the molecule is CO[C@@H]1C(C)O[C@H](O[C@@H]2C(C)O[C@H](O[C@@H]3C(C)O[C@H](O[C@@H]4C(C)O[C@@H](O[C@@H]5C(C)O[C@H](O[C@@H]6C(C)O[C@@H](O[C@@H]7C(C)OCC(O)[C@H]7O)C(O)[C@H]6O)C(O)[C@H]5O)C(O)[C@H]4O)C(O)[C@H]3O)C(O)[C@H]2O)C(O)[C@H]1O. The van der Waals surface area contributed by atoms with E-state index in [9.17, 15) is 71.5 Å². The molecular weight excluding hydrogens is 964 g/mol. The molecule has 0 spiro atoms. The molecule has 0 saturated carbocycles. The van der Waals surface area contributed by atoms with E-state index in [0.29, 0.717) is 0 Å². The molecule has 7 saturated heterocycles. The highest BCUT2D eigenvalue weighted by atomic mass is 16.8. The van der Waals surface area contributed by atoms with E-state index < -0.39 is 209 Å². The van der Waals surface area contributed by atoms with Crippen LogP contribution in [0.25, 0.3) is 0 Å². The first kappa shape index (κ1) is 57.6. The second kappa shape index (κ2) is 23.6. The molecule has 7 fully saturated rings. The Morgan fingerprint density at radius 2 is 0.465 bits per heavy atom. The predicted octanol–water partition coefficient (Wildman–Crippen LogP) is -7.75. The Morgan fingerprint density at radius 3 is 0.690 bits per heavy atom. The lowest BCUT2D eigenvalue weighted by Gasteiger charge is -2.49. The number of hydrogen-bond acceptors (Lipinski definition) is 28. The lowest BCUT2D eigenvalue weighted by atomic mass is 9.95. The van der Waals surface area contributed by atoms with Gasteiger partial charge in [0.1, 0.15) is 128 Å². The molecule has 14 unspecified atom stereocenters. The summed E-state index contributed by atoms with van der Waals surface area (Å²) in [5, 5.41) is 153. The van der Waals surface area contributed by atoms with Crippen LogP contribution < -0.4 is 0 Å². The Hall–Kier alpha value is -1.12. The van der Waals surface area contributed by atoms with Crippen LogP contribution in [0.5, 0.6) is 0 Å². The van der Waals surface area contributed by atoms with Crippen molar-refractivity contribution < 1.29 is 138 Å². The number of rotatable bonds is 13. The summed E-state index contributed by atoms with van der Waals surface area (Å²) in [5.74, 6) is 0. The maximum atomic E-state index is 11.3. The summed E-state index contributed by atoms with van der Waals surface area (Å²) in [7, 11) is 1.34. The third-order valence-corrected chi connectivity index (χ3v) is 14.4. The van der Waals surface area contributed by atoms with Crippen molar-refractivity contribution in [2.24, 2.45) is 0 Å². The van der Waals surface area contributed by atoms with Gasteiger partial charge in [0, 0.05) is 7.11 Å². The topological polar surface area (TPSA) is 412 Å². The van der Waals surface area contributed by atoms with Gasteiger partial charge in [-0.2, -0.15) is 0 Å². The van der Waals surface area contributed by atoms with E-state index in [4.69, 9.17) is 66.3 Å². The van der Waals surface area contributed by atoms with Gasteiger partial charge in [-0.3, -0.25) is 0 Å². The average Bonchev–Trinajstić information content (AvgIpc) is 3.32. The Kier molecular flexibility index (Phi) is 19.2. The number of aliphatic hydroxyl groups is 14. The molecule has 7 heterocycles. The molecule has 0 aliphatic carbocycles. The Balaban J connectivity index is 0.892. The smallest absolute Gasteiger partial charge is 0.187 e. The molecule has 14 N–H and O–H groups in total. The number of hydrogen-bond donors (Lipinski definition) is 14. The van der Waals surface area contributed by atoms with Gasteiger partial charge in [0.2, 0.25) is 0 Å². The molecule has 0 amide bonds. The van der Waals surface area contributed by atoms with Crippen molar-refractivity contribution in [3.8, 4) is 0 Å². The first-order valence-electron chi connectivity index (χ1n) is 23.9. The van der Waals surface area contributed by atoms with E-state index in [0.717, 1.165) is 0 Å². The van der Waals surface area contributed by atoms with Crippen LogP contribution in [0.15, 0.2) is 0 Å². The molecule has 0 radical (unpaired) electrons. The molecule has 71 heavy (non-hydrogen) atoms. The minimum absolute atomic E-state index is 0.138. The quantitative estimate of drug-likeness (QED) is 0.0815. The van der Waals surface area contributed by atoms with Crippen LogP contribution in [-0.2, 0) is 66.3 Å². The molecule has 7 rings (SSSR count). The maximum absolute atomic E-state index is 11.3. The third kappa shape index (κ3) is 11.8. The van der Waals surface area contributed by atoms with Crippen LogP contribution >= 0.6 is 0 Å². The van der Waals surface area contributed by atoms with Gasteiger partial charge >= 0.3 is 0 Å². The van der Waals surface area contributed by atoms with Crippen LogP contribution in [0.4, 0.5) is 0 Å². The zero-order valence-corrected chi connectivity index (χ0v) is 40.3. The Morgan fingerprint density at radius 1 is 0.268 bits per heavy atom. The fourth-order valence-electron chi connectivity index (χ4n) is 10.0. The first-order chi connectivity index (χ1) is 33.4.